The van der Waals surface area contributed by atoms with E-state index in [4.69, 9.17) is 9.47 Å². The number of fused-ring (bicyclic) bond motifs is 1. The molecule has 35 heavy (non-hydrogen) atoms. The minimum Gasteiger partial charge on any atom is -0.383 e. The number of amides is 3. The van der Waals surface area contributed by atoms with E-state index >= 15 is 0 Å². The Balaban J connectivity index is 1.42. The van der Waals surface area contributed by atoms with Gasteiger partial charge in [0.25, 0.3) is 0 Å². The second kappa shape index (κ2) is 9.39. The van der Waals surface area contributed by atoms with Gasteiger partial charge in [-0.2, -0.15) is 0 Å². The van der Waals surface area contributed by atoms with Gasteiger partial charge in [0.2, 0.25) is 17.7 Å². The maximum absolute atomic E-state index is 13.7. The van der Waals surface area contributed by atoms with Crippen LogP contribution in [0.3, 0.4) is 0 Å². The molecule has 2 bridgehead atoms. The number of nitrogens with zero attached hydrogens (tertiary/aromatic N) is 1. The van der Waals surface area contributed by atoms with Gasteiger partial charge in [-0.3, -0.25) is 14.4 Å². The van der Waals surface area contributed by atoms with Crippen molar-refractivity contribution in [3.63, 3.8) is 0 Å². The van der Waals surface area contributed by atoms with Crippen LogP contribution < -0.4 is 10.6 Å². The van der Waals surface area contributed by atoms with Gasteiger partial charge in [0, 0.05) is 25.4 Å². The summed E-state index contributed by atoms with van der Waals surface area (Å²) in [5, 5.41) is 6.17. The molecule has 3 heterocycles. The molecule has 3 fully saturated rings. The van der Waals surface area contributed by atoms with E-state index in [-0.39, 0.29) is 30.3 Å². The summed E-state index contributed by atoms with van der Waals surface area (Å²) >= 11 is 0. The minimum absolute atomic E-state index is 0.109. The molecule has 1 aromatic rings. The molecule has 3 amide bonds. The molecule has 1 aliphatic carbocycles. The number of carbonyl (C=O) groups excluding carboxylic acids is 3. The lowest BCUT2D eigenvalue weighted by Gasteiger charge is -2.34. The highest BCUT2D eigenvalue weighted by molar-refractivity contribution is 6.02. The number of hydrogen-bond acceptors (Lipinski definition) is 5. The van der Waals surface area contributed by atoms with Crippen LogP contribution in [0.5, 0.6) is 0 Å². The fourth-order valence-electron chi connectivity index (χ4n) is 6.27. The van der Waals surface area contributed by atoms with E-state index in [1.807, 2.05) is 44.2 Å². The van der Waals surface area contributed by atoms with Crippen molar-refractivity contribution >= 4 is 23.4 Å². The van der Waals surface area contributed by atoms with Crippen LogP contribution in [0.4, 0.5) is 5.69 Å². The first kappa shape index (κ1) is 24.0. The lowest BCUT2D eigenvalue weighted by atomic mass is 9.74. The molecular weight excluding hydrogens is 446 g/mol. The fraction of sp³-hybridized carbons (Fsp3) is 0.593. The number of nitrogens with one attached hydrogen (secondary N) is 2. The molecule has 8 heteroatoms. The van der Waals surface area contributed by atoms with Crippen LogP contribution in [0.25, 0.3) is 0 Å². The molecule has 188 valence electrons. The summed E-state index contributed by atoms with van der Waals surface area (Å²) in [5.74, 6) is -2.14. The van der Waals surface area contributed by atoms with Gasteiger partial charge in [0.15, 0.2) is 0 Å². The Kier molecular flexibility index (Phi) is 6.44. The molecule has 2 N–H and O–H groups in total. The third-order valence-corrected chi connectivity index (χ3v) is 8.19. The van der Waals surface area contributed by atoms with Crippen LogP contribution in [-0.4, -0.2) is 66.7 Å². The van der Waals surface area contributed by atoms with Gasteiger partial charge in [-0.15, -0.1) is 0 Å². The highest BCUT2D eigenvalue weighted by Gasteiger charge is 2.72. The van der Waals surface area contributed by atoms with Gasteiger partial charge in [0.1, 0.15) is 11.6 Å². The lowest BCUT2D eigenvalue weighted by Crippen LogP contribution is -2.57. The molecule has 2 saturated heterocycles. The molecule has 0 radical (unpaired) electrons. The van der Waals surface area contributed by atoms with E-state index in [2.05, 4.69) is 10.6 Å². The molecule has 1 saturated carbocycles. The van der Waals surface area contributed by atoms with E-state index in [1.165, 1.54) is 6.42 Å². The van der Waals surface area contributed by atoms with Gasteiger partial charge >= 0.3 is 0 Å². The third kappa shape index (κ3) is 4.06. The van der Waals surface area contributed by atoms with Crippen molar-refractivity contribution in [1.29, 1.82) is 0 Å². The largest absolute Gasteiger partial charge is 0.383 e. The molecule has 8 nitrogen and oxygen atoms in total. The van der Waals surface area contributed by atoms with Crippen LogP contribution in [0.1, 0.15) is 43.2 Å². The second-order valence-electron chi connectivity index (χ2n) is 10.4. The van der Waals surface area contributed by atoms with Crippen LogP contribution in [0, 0.1) is 25.7 Å². The number of hydrogen-bond donors (Lipinski definition) is 2. The topological polar surface area (TPSA) is 97.0 Å². The van der Waals surface area contributed by atoms with Gasteiger partial charge < -0.3 is 25.0 Å². The summed E-state index contributed by atoms with van der Waals surface area (Å²) < 4.78 is 11.6. The Hall–Kier alpha value is -2.71. The molecule has 0 aromatic heterocycles. The Bertz CT molecular complexity index is 1050. The zero-order valence-corrected chi connectivity index (χ0v) is 20.7. The number of anilines is 1. The monoisotopic (exact) mass is 481 g/mol. The van der Waals surface area contributed by atoms with Gasteiger partial charge in [-0.1, -0.05) is 37.5 Å². The number of ether oxygens (including phenoxy) is 2. The first-order valence-electron chi connectivity index (χ1n) is 12.7. The summed E-state index contributed by atoms with van der Waals surface area (Å²) in [6.45, 7) is 4.58. The van der Waals surface area contributed by atoms with Crippen molar-refractivity contribution in [2.24, 2.45) is 11.8 Å². The van der Waals surface area contributed by atoms with Crippen molar-refractivity contribution in [1.82, 2.24) is 10.2 Å². The summed E-state index contributed by atoms with van der Waals surface area (Å²) in [4.78, 5) is 42.4. The maximum atomic E-state index is 13.7. The van der Waals surface area contributed by atoms with Gasteiger partial charge in [0.05, 0.1) is 24.5 Å². The van der Waals surface area contributed by atoms with Crippen LogP contribution in [0.2, 0.25) is 0 Å². The molecular formula is C27H35N3O5. The smallest absolute Gasteiger partial charge is 0.246 e. The molecule has 5 atom stereocenters. The molecule has 3 aliphatic heterocycles. The molecule has 5 rings (SSSR count). The number of rotatable bonds is 7. The molecule has 1 aromatic carbocycles. The van der Waals surface area contributed by atoms with Crippen molar-refractivity contribution in [2.75, 3.05) is 25.6 Å². The van der Waals surface area contributed by atoms with Crippen molar-refractivity contribution in [3.8, 4) is 0 Å². The van der Waals surface area contributed by atoms with E-state index in [9.17, 15) is 14.4 Å². The lowest BCUT2D eigenvalue weighted by molar-refractivity contribution is -0.142. The standard InChI is InChI=1S/C27H35N3O5/c1-16-9-10-19(15-17(16)2)29-24(31)21-20-11-12-27(35-20)22(21)26(33)30(13-14-34-3)23(27)25(32)28-18-7-5-4-6-8-18/h9-12,15,18,20-23H,4-8,13-14H2,1-3H3,(H,28,32)(H,29,31). The van der Waals surface area contributed by atoms with Crippen LogP contribution in [0.15, 0.2) is 30.4 Å². The van der Waals surface area contributed by atoms with E-state index in [0.717, 1.165) is 36.8 Å². The minimum atomic E-state index is -1.14. The van der Waals surface area contributed by atoms with Crippen molar-refractivity contribution in [2.45, 2.75) is 69.7 Å². The summed E-state index contributed by atoms with van der Waals surface area (Å²) in [6.07, 6.45) is 8.41. The van der Waals surface area contributed by atoms with Crippen molar-refractivity contribution in [3.05, 3.63) is 41.5 Å². The highest BCUT2D eigenvalue weighted by Crippen LogP contribution is 2.55. The Labute approximate surface area is 206 Å². The molecule has 1 spiro atoms. The predicted molar refractivity (Wildman–Crippen MR) is 131 cm³/mol. The van der Waals surface area contributed by atoms with Crippen molar-refractivity contribution < 1.29 is 23.9 Å². The van der Waals surface area contributed by atoms with Gasteiger partial charge in [-0.05, 0) is 49.9 Å². The fourth-order valence-corrected chi connectivity index (χ4v) is 6.27. The van der Waals surface area contributed by atoms with E-state index < -0.39 is 29.6 Å². The van der Waals surface area contributed by atoms with E-state index in [0.29, 0.717) is 12.3 Å². The maximum Gasteiger partial charge on any atom is 0.246 e. The Morgan fingerprint density at radius 2 is 1.91 bits per heavy atom. The first-order valence-corrected chi connectivity index (χ1v) is 12.7. The SMILES string of the molecule is COCCN1C(=O)C2C(C(=O)Nc3ccc(C)c(C)c3)C3C=CC2(O3)C1C(=O)NC1CCCCC1. The quantitative estimate of drug-likeness (QED) is 0.584. The predicted octanol–water partition coefficient (Wildman–Crippen LogP) is 2.49. The number of carbonyl (C=O) groups is 3. The highest BCUT2D eigenvalue weighted by atomic mass is 16.5. The number of methoxy groups -OCH3 is 1. The molecule has 4 aliphatic rings. The number of likely N-dealkylation sites (tertiary alicyclic amines) is 1. The Morgan fingerprint density at radius 3 is 2.63 bits per heavy atom. The van der Waals surface area contributed by atoms with Gasteiger partial charge in [-0.25, -0.2) is 0 Å². The van der Waals surface area contributed by atoms with E-state index in [1.54, 1.807) is 12.0 Å². The average Bonchev–Trinajstić information content (AvgIpc) is 3.48. The number of aryl methyl sites for hydroxylation is 2. The Morgan fingerprint density at radius 1 is 1.14 bits per heavy atom. The zero-order valence-electron chi connectivity index (χ0n) is 20.7. The summed E-state index contributed by atoms with van der Waals surface area (Å²) in [6, 6.07) is 5.04. The van der Waals surface area contributed by atoms with Crippen LogP contribution in [-0.2, 0) is 23.9 Å². The zero-order chi connectivity index (χ0) is 24.7. The normalized spacial score (nSPS) is 31.6. The average molecular weight is 482 g/mol. The second-order valence-corrected chi connectivity index (χ2v) is 10.4. The summed E-state index contributed by atoms with van der Waals surface area (Å²) in [7, 11) is 1.57. The molecule has 5 unspecified atom stereocenters. The third-order valence-electron chi connectivity index (χ3n) is 8.19. The first-order chi connectivity index (χ1) is 16.9. The number of benzene rings is 1. The van der Waals surface area contributed by atoms with Crippen LogP contribution >= 0.6 is 0 Å². The summed E-state index contributed by atoms with van der Waals surface area (Å²) in [5.41, 5.74) is 1.76.